The molecule has 0 bridgehead atoms. The van der Waals surface area contributed by atoms with Gasteiger partial charge in [0.05, 0.1) is 16.5 Å². The fourth-order valence-corrected chi connectivity index (χ4v) is 2.95. The van der Waals surface area contributed by atoms with Crippen molar-refractivity contribution in [3.05, 3.63) is 28.4 Å². The molecule has 0 unspecified atom stereocenters. The Morgan fingerprint density at radius 3 is 2.74 bits per heavy atom. The first-order valence-corrected chi connectivity index (χ1v) is 7.20. The van der Waals surface area contributed by atoms with E-state index in [9.17, 15) is 4.79 Å². The van der Waals surface area contributed by atoms with Gasteiger partial charge in [-0.15, -0.1) is 11.8 Å². The van der Waals surface area contributed by atoms with Crippen molar-refractivity contribution < 1.29 is 19.2 Å². The van der Waals surface area contributed by atoms with Crippen molar-refractivity contribution in [2.45, 2.75) is 4.90 Å². The molecule has 0 amide bonds. The summed E-state index contributed by atoms with van der Waals surface area (Å²) in [7, 11) is 1.59. The molecule has 100 valence electrons. The van der Waals surface area contributed by atoms with Crippen LogP contribution < -0.4 is 4.74 Å². The van der Waals surface area contributed by atoms with E-state index in [-0.39, 0.29) is 5.69 Å². The molecule has 0 aliphatic carbocycles. The highest BCUT2D eigenvalue weighted by atomic mass is 79.9. The Morgan fingerprint density at radius 1 is 1.47 bits per heavy atom. The molecule has 1 N–H and O–H groups in total. The first kappa shape index (κ1) is 14.0. The van der Waals surface area contributed by atoms with Crippen LogP contribution in [0.15, 0.2) is 32.1 Å². The number of methoxy groups -OCH3 is 1. The van der Waals surface area contributed by atoms with Crippen molar-refractivity contribution >= 4 is 33.7 Å². The lowest BCUT2D eigenvalue weighted by molar-refractivity contribution is 0.0686. The number of aromatic carboxylic acids is 1. The van der Waals surface area contributed by atoms with E-state index in [0.29, 0.717) is 5.76 Å². The monoisotopic (exact) mass is 343 g/mol. The van der Waals surface area contributed by atoms with Crippen LogP contribution in [0.5, 0.6) is 5.75 Å². The minimum absolute atomic E-state index is 0.118. The molecule has 0 aliphatic rings. The average Bonchev–Trinajstić information content (AvgIpc) is 2.87. The summed E-state index contributed by atoms with van der Waals surface area (Å²) >= 11 is 4.94. The van der Waals surface area contributed by atoms with Crippen LogP contribution in [0.25, 0.3) is 11.3 Å². The molecule has 0 spiro atoms. The number of carboxylic acids is 1. The first-order valence-electron chi connectivity index (χ1n) is 5.18. The summed E-state index contributed by atoms with van der Waals surface area (Å²) < 4.78 is 11.1. The van der Waals surface area contributed by atoms with Crippen LogP contribution in [-0.2, 0) is 0 Å². The van der Waals surface area contributed by atoms with E-state index in [1.165, 1.54) is 17.8 Å². The molecule has 7 heteroatoms. The van der Waals surface area contributed by atoms with Crippen molar-refractivity contribution in [3.8, 4) is 17.1 Å². The quantitative estimate of drug-likeness (QED) is 0.856. The number of ether oxygens (including phenoxy) is 1. The van der Waals surface area contributed by atoms with Gasteiger partial charge in [-0.1, -0.05) is 5.16 Å². The van der Waals surface area contributed by atoms with Crippen LogP contribution in [0, 0.1) is 0 Å². The Bertz CT molecular complexity index is 626. The maximum atomic E-state index is 10.8. The van der Waals surface area contributed by atoms with E-state index in [2.05, 4.69) is 21.1 Å². The van der Waals surface area contributed by atoms with Crippen LogP contribution >= 0.6 is 27.7 Å². The Labute approximate surface area is 122 Å². The number of hydrogen-bond donors (Lipinski definition) is 1. The highest BCUT2D eigenvalue weighted by molar-refractivity contribution is 9.10. The van der Waals surface area contributed by atoms with E-state index >= 15 is 0 Å². The third-order valence-corrected chi connectivity index (χ3v) is 3.78. The second-order valence-electron chi connectivity index (χ2n) is 3.58. The topological polar surface area (TPSA) is 72.6 Å². The summed E-state index contributed by atoms with van der Waals surface area (Å²) in [4.78, 5) is 11.7. The molecular formula is C12H10BrNO4S. The summed E-state index contributed by atoms with van der Waals surface area (Å²) in [6.45, 7) is 0. The van der Waals surface area contributed by atoms with Gasteiger partial charge < -0.3 is 14.4 Å². The molecule has 0 saturated heterocycles. The van der Waals surface area contributed by atoms with Gasteiger partial charge in [-0.05, 0) is 34.3 Å². The molecule has 1 aromatic carbocycles. The van der Waals surface area contributed by atoms with Crippen LogP contribution in [0.1, 0.15) is 10.5 Å². The zero-order valence-electron chi connectivity index (χ0n) is 10.1. The highest BCUT2D eigenvalue weighted by Gasteiger charge is 2.16. The lowest BCUT2D eigenvalue weighted by atomic mass is 10.1. The van der Waals surface area contributed by atoms with Gasteiger partial charge in [-0.2, -0.15) is 0 Å². The molecule has 1 heterocycles. The minimum atomic E-state index is -1.12. The van der Waals surface area contributed by atoms with Crippen LogP contribution in [0.2, 0.25) is 0 Å². The molecule has 0 aliphatic heterocycles. The zero-order chi connectivity index (χ0) is 14.0. The third-order valence-electron chi connectivity index (χ3n) is 2.45. The van der Waals surface area contributed by atoms with E-state index in [1.807, 2.05) is 12.3 Å². The molecule has 19 heavy (non-hydrogen) atoms. The number of rotatable bonds is 4. The van der Waals surface area contributed by atoms with Gasteiger partial charge in [0.1, 0.15) is 5.75 Å². The SMILES string of the molecule is COc1c(Br)cc(-c2cc(C(=O)O)no2)cc1SC. The minimum Gasteiger partial charge on any atom is -0.494 e. The molecule has 0 atom stereocenters. The largest absolute Gasteiger partial charge is 0.494 e. The summed E-state index contributed by atoms with van der Waals surface area (Å²) in [5.41, 5.74) is 0.615. The standard InChI is InChI=1S/C12H10BrNO4S/c1-17-11-7(13)3-6(4-10(11)19-2)9-5-8(12(15)16)14-18-9/h3-5H,1-2H3,(H,15,16). The molecule has 1 aromatic heterocycles. The Morgan fingerprint density at radius 2 is 2.21 bits per heavy atom. The number of carbonyl (C=O) groups is 1. The van der Waals surface area contributed by atoms with Gasteiger partial charge in [0, 0.05) is 11.6 Å². The third kappa shape index (κ3) is 2.76. The van der Waals surface area contributed by atoms with E-state index in [4.69, 9.17) is 14.4 Å². The van der Waals surface area contributed by atoms with Gasteiger partial charge >= 0.3 is 5.97 Å². The molecule has 2 rings (SSSR count). The average molecular weight is 344 g/mol. The smallest absolute Gasteiger partial charge is 0.358 e. The zero-order valence-corrected chi connectivity index (χ0v) is 12.5. The number of aromatic nitrogens is 1. The number of halogens is 1. The molecule has 0 fully saturated rings. The van der Waals surface area contributed by atoms with Gasteiger partial charge in [0.15, 0.2) is 11.5 Å². The second-order valence-corrected chi connectivity index (χ2v) is 5.28. The van der Waals surface area contributed by atoms with Crippen molar-refractivity contribution in [2.75, 3.05) is 13.4 Å². The Kier molecular flexibility index (Phi) is 4.16. The van der Waals surface area contributed by atoms with E-state index < -0.39 is 5.97 Å². The lowest BCUT2D eigenvalue weighted by Gasteiger charge is -2.09. The Balaban J connectivity index is 2.50. The second kappa shape index (κ2) is 5.66. The molecular weight excluding hydrogens is 334 g/mol. The predicted octanol–water partition coefficient (Wildman–Crippen LogP) is 3.53. The van der Waals surface area contributed by atoms with Gasteiger partial charge in [-0.3, -0.25) is 0 Å². The fourth-order valence-electron chi connectivity index (χ4n) is 1.57. The van der Waals surface area contributed by atoms with Crippen LogP contribution in [-0.4, -0.2) is 29.6 Å². The highest BCUT2D eigenvalue weighted by Crippen LogP contribution is 2.39. The number of thioether (sulfide) groups is 1. The maximum absolute atomic E-state index is 10.8. The number of hydrogen-bond acceptors (Lipinski definition) is 5. The first-order chi connectivity index (χ1) is 9.06. The lowest BCUT2D eigenvalue weighted by Crippen LogP contribution is -1.94. The summed E-state index contributed by atoms with van der Waals surface area (Å²) in [5.74, 6) is 0.0120. The van der Waals surface area contributed by atoms with Gasteiger partial charge in [0.2, 0.25) is 0 Å². The maximum Gasteiger partial charge on any atom is 0.358 e. The van der Waals surface area contributed by atoms with Crippen LogP contribution in [0.4, 0.5) is 0 Å². The van der Waals surface area contributed by atoms with Crippen molar-refractivity contribution in [2.24, 2.45) is 0 Å². The number of nitrogens with zero attached hydrogens (tertiary/aromatic N) is 1. The molecule has 0 saturated carbocycles. The van der Waals surface area contributed by atoms with E-state index in [0.717, 1.165) is 20.7 Å². The van der Waals surface area contributed by atoms with Crippen molar-refractivity contribution in [3.63, 3.8) is 0 Å². The number of carboxylic acid groups (broad SMARTS) is 1. The summed E-state index contributed by atoms with van der Waals surface area (Å²) in [6.07, 6.45) is 1.93. The predicted molar refractivity (Wildman–Crippen MR) is 74.9 cm³/mol. The molecule has 5 nitrogen and oxygen atoms in total. The normalized spacial score (nSPS) is 10.5. The Hall–Kier alpha value is -1.47. The van der Waals surface area contributed by atoms with Gasteiger partial charge in [0.25, 0.3) is 0 Å². The number of benzene rings is 1. The summed E-state index contributed by atoms with van der Waals surface area (Å²) in [5, 5.41) is 12.3. The van der Waals surface area contributed by atoms with E-state index in [1.54, 1.807) is 13.2 Å². The molecule has 0 radical (unpaired) electrons. The van der Waals surface area contributed by atoms with Crippen molar-refractivity contribution in [1.82, 2.24) is 5.16 Å². The molecule has 2 aromatic rings. The fraction of sp³-hybridized carbons (Fsp3) is 0.167. The summed E-state index contributed by atoms with van der Waals surface area (Å²) in [6, 6.07) is 5.05. The van der Waals surface area contributed by atoms with Crippen LogP contribution in [0.3, 0.4) is 0 Å². The van der Waals surface area contributed by atoms with Crippen molar-refractivity contribution in [1.29, 1.82) is 0 Å². The van der Waals surface area contributed by atoms with Gasteiger partial charge in [-0.25, -0.2) is 4.79 Å².